The van der Waals surface area contributed by atoms with Crippen molar-refractivity contribution in [2.24, 2.45) is 35.1 Å². The second-order valence-electron chi connectivity index (χ2n) is 19.3. The van der Waals surface area contributed by atoms with Crippen LogP contribution in [-0.2, 0) is 65.6 Å². The molecule has 0 fully saturated rings. The summed E-state index contributed by atoms with van der Waals surface area (Å²) in [6.45, 7) is 12.3. The lowest BCUT2D eigenvalue weighted by molar-refractivity contribution is -0.142. The minimum Gasteiger partial charge on any atom is -0.508 e. The van der Waals surface area contributed by atoms with Crippen LogP contribution in [0, 0.1) is 23.7 Å². The van der Waals surface area contributed by atoms with Crippen LogP contribution < -0.4 is 54.0 Å². The molecule has 0 saturated heterocycles. The van der Waals surface area contributed by atoms with Gasteiger partial charge in [-0.1, -0.05) is 73.9 Å². The molecule has 9 amide bonds. The first-order valence-corrected chi connectivity index (χ1v) is 24.4. The van der Waals surface area contributed by atoms with Crippen LogP contribution in [0.15, 0.2) is 36.8 Å². The van der Waals surface area contributed by atoms with E-state index in [0.29, 0.717) is 11.3 Å². The number of carboxylic acids is 2. The van der Waals surface area contributed by atoms with E-state index in [-0.39, 0.29) is 37.4 Å². The Morgan fingerprint density at radius 3 is 1.51 bits per heavy atom. The molecule has 0 aliphatic heterocycles. The number of rotatable bonds is 32. The number of nitrogens with two attached hydrogens (primary N) is 2. The van der Waals surface area contributed by atoms with Gasteiger partial charge in [-0.2, -0.15) is 0 Å². The minimum absolute atomic E-state index is 0.0727. The highest BCUT2D eigenvalue weighted by atomic mass is 16.4. The molecule has 0 unspecified atom stereocenters. The second kappa shape index (κ2) is 30.5. The quantitative estimate of drug-likeness (QED) is 0.0346. The number of benzene rings is 1. The third-order valence-electron chi connectivity index (χ3n) is 11.8. The van der Waals surface area contributed by atoms with E-state index in [2.05, 4.69) is 52.5 Å². The van der Waals surface area contributed by atoms with Crippen LogP contribution in [0.25, 0.3) is 0 Å². The number of aliphatic hydroxyl groups is 1. The molecule has 2 aromatic rings. The number of imidazole rings is 1. The van der Waals surface area contributed by atoms with Gasteiger partial charge >= 0.3 is 11.9 Å². The molecule has 416 valence electrons. The number of H-pyrrole nitrogens is 1. The van der Waals surface area contributed by atoms with Crippen molar-refractivity contribution in [3.05, 3.63) is 48.0 Å². The first-order chi connectivity index (χ1) is 35.1. The molecular weight excluding hydrogens is 985 g/mol. The number of aromatic hydroxyl groups is 1. The van der Waals surface area contributed by atoms with Gasteiger partial charge in [0.25, 0.3) is 0 Å². The smallest absolute Gasteiger partial charge is 0.326 e. The number of phenolic OH excluding ortho intramolecular Hbond substituents is 1. The molecular formula is C48H74N12O15. The van der Waals surface area contributed by atoms with Crippen LogP contribution in [-0.4, -0.2) is 156 Å². The van der Waals surface area contributed by atoms with E-state index in [1.807, 2.05) is 0 Å². The predicted octanol–water partition coefficient (Wildman–Crippen LogP) is -3.06. The predicted molar refractivity (Wildman–Crippen MR) is 267 cm³/mol. The van der Waals surface area contributed by atoms with Crippen molar-refractivity contribution in [1.29, 1.82) is 0 Å². The van der Waals surface area contributed by atoms with Crippen molar-refractivity contribution in [1.82, 2.24) is 52.5 Å². The fraction of sp³-hybridized carbons (Fsp3) is 0.583. The summed E-state index contributed by atoms with van der Waals surface area (Å²) in [5, 5.41) is 58.3. The second-order valence-corrected chi connectivity index (χ2v) is 19.3. The molecule has 0 aliphatic carbocycles. The van der Waals surface area contributed by atoms with E-state index in [1.54, 1.807) is 55.4 Å². The highest BCUT2D eigenvalue weighted by molar-refractivity contribution is 5.99. The van der Waals surface area contributed by atoms with Crippen LogP contribution in [0.2, 0.25) is 0 Å². The molecule has 1 heterocycles. The van der Waals surface area contributed by atoms with Crippen LogP contribution in [0.5, 0.6) is 5.75 Å². The Kier molecular flexibility index (Phi) is 25.8. The molecule has 2 rings (SSSR count). The Hall–Kier alpha value is -7.68. The van der Waals surface area contributed by atoms with E-state index in [0.717, 1.165) is 0 Å². The summed E-state index contributed by atoms with van der Waals surface area (Å²) in [7, 11) is 0. The summed E-state index contributed by atoms with van der Waals surface area (Å²) in [4.78, 5) is 153. The number of hydrogen-bond donors (Lipinski definition) is 15. The summed E-state index contributed by atoms with van der Waals surface area (Å²) in [6.07, 6.45) is 0.504. The lowest BCUT2D eigenvalue weighted by Crippen LogP contribution is -2.62. The summed E-state index contributed by atoms with van der Waals surface area (Å²) in [5.41, 5.74) is 11.9. The third kappa shape index (κ3) is 21.4. The van der Waals surface area contributed by atoms with Crippen LogP contribution >= 0.6 is 0 Å². The van der Waals surface area contributed by atoms with Gasteiger partial charge in [0, 0.05) is 24.7 Å². The fourth-order valence-electron chi connectivity index (χ4n) is 7.34. The number of nitrogens with one attached hydrogen (secondary N) is 9. The minimum atomic E-state index is -1.83. The zero-order chi connectivity index (χ0) is 56.9. The van der Waals surface area contributed by atoms with Gasteiger partial charge in [-0.15, -0.1) is 0 Å². The van der Waals surface area contributed by atoms with Crippen LogP contribution in [0.1, 0.15) is 92.3 Å². The van der Waals surface area contributed by atoms with E-state index in [9.17, 15) is 73.2 Å². The van der Waals surface area contributed by atoms with E-state index in [1.165, 1.54) is 36.8 Å². The number of aliphatic carboxylic acids is 2. The summed E-state index contributed by atoms with van der Waals surface area (Å²) < 4.78 is 0. The Morgan fingerprint density at radius 1 is 0.587 bits per heavy atom. The van der Waals surface area contributed by atoms with Gasteiger partial charge in [-0.3, -0.25) is 47.9 Å². The topological polar surface area (TPSA) is 446 Å². The summed E-state index contributed by atoms with van der Waals surface area (Å²) in [6, 6.07) is -7.96. The zero-order valence-corrected chi connectivity index (χ0v) is 43.3. The molecule has 0 bridgehead atoms. The number of carbonyl (C=O) groups excluding carboxylic acids is 9. The molecule has 0 radical (unpaired) electrons. The SMILES string of the molecule is CC[C@H](C)[C@H](NC(=O)[C@H](CC(C)C)NC(=O)[C@H](CC(=O)O)NC(=O)[C@@H](NC(=O)[C@@H](NC(=O)[C@@H](N)CO)C(C)C)C(C)C)C(=O)N[C@@H](CC(N)=O)C(=O)N[C@@H](Cc1cnc[nH]1)C(=O)N[C@@H](Cc1ccc(O)cc1)C(=O)O. The average molecular weight is 1060 g/mol. The van der Waals surface area contributed by atoms with E-state index >= 15 is 0 Å². The summed E-state index contributed by atoms with van der Waals surface area (Å²) >= 11 is 0. The summed E-state index contributed by atoms with van der Waals surface area (Å²) in [5.74, 6) is -14.1. The third-order valence-corrected chi connectivity index (χ3v) is 11.8. The molecule has 0 aliphatic rings. The van der Waals surface area contributed by atoms with Crippen molar-refractivity contribution < 1.29 is 73.2 Å². The monoisotopic (exact) mass is 1060 g/mol. The van der Waals surface area contributed by atoms with E-state index in [4.69, 9.17) is 11.5 Å². The number of aromatic amines is 1. The van der Waals surface area contributed by atoms with Crippen molar-refractivity contribution >= 4 is 65.1 Å². The number of aromatic nitrogens is 2. The first-order valence-electron chi connectivity index (χ1n) is 24.4. The Labute approximate surface area is 433 Å². The van der Waals surface area contributed by atoms with Gasteiger partial charge < -0.3 is 79.4 Å². The number of carboxylic acid groups (broad SMARTS) is 2. The average Bonchev–Trinajstić information content (AvgIpc) is 3.85. The van der Waals surface area contributed by atoms with Gasteiger partial charge in [-0.25, -0.2) is 9.78 Å². The standard InChI is InChI=1S/C48H74N12O15/c1-9-25(8)39(47(73)55-32(17-35(50)63)42(68)54-31(16-27-19-51-21-52-27)41(67)57-34(48(74)75)15-26-10-12-28(62)13-11-26)60-44(70)30(14-22(2)3)53-43(69)33(18-36(64)65)56-45(71)37(23(4)5)59-46(72)38(24(6)7)58-40(66)29(49)20-61/h10-13,19,21-25,29-34,37-39,61-62H,9,14-18,20,49H2,1-8H3,(H2,50,63)(H,51,52)(H,53,69)(H,54,68)(H,55,73)(H,56,71)(H,57,67)(H,58,66)(H,59,72)(H,60,70)(H,64,65)(H,74,75)/t25-,29-,30-,31-,32-,33-,34-,37-,38-,39-/m0/s1. The molecule has 75 heavy (non-hydrogen) atoms. The molecule has 10 atom stereocenters. The molecule has 1 aromatic carbocycles. The van der Waals surface area contributed by atoms with Crippen molar-refractivity contribution in [3.8, 4) is 5.75 Å². The number of primary amides is 1. The number of phenols is 1. The maximum Gasteiger partial charge on any atom is 0.326 e. The van der Waals surface area contributed by atoms with Gasteiger partial charge in [0.05, 0.1) is 25.8 Å². The highest BCUT2D eigenvalue weighted by Gasteiger charge is 2.38. The number of hydrogen-bond acceptors (Lipinski definition) is 15. The Bertz CT molecular complexity index is 2290. The van der Waals surface area contributed by atoms with Crippen LogP contribution in [0.4, 0.5) is 0 Å². The lowest BCUT2D eigenvalue weighted by atomic mass is 9.96. The van der Waals surface area contributed by atoms with Gasteiger partial charge in [0.2, 0.25) is 53.2 Å². The Balaban J connectivity index is 2.40. The molecule has 0 saturated carbocycles. The highest BCUT2D eigenvalue weighted by Crippen LogP contribution is 2.15. The maximum atomic E-state index is 14.2. The normalized spacial score (nSPS) is 15.3. The van der Waals surface area contributed by atoms with E-state index < -0.39 is 157 Å². The van der Waals surface area contributed by atoms with Gasteiger partial charge in [-0.05, 0) is 47.8 Å². The molecule has 27 heteroatoms. The molecule has 1 aromatic heterocycles. The molecule has 17 N–H and O–H groups in total. The first kappa shape index (κ1) is 63.4. The van der Waals surface area contributed by atoms with Crippen molar-refractivity contribution in [2.45, 2.75) is 148 Å². The van der Waals surface area contributed by atoms with Gasteiger partial charge in [0.15, 0.2) is 0 Å². The van der Waals surface area contributed by atoms with Gasteiger partial charge in [0.1, 0.15) is 60.1 Å². The Morgan fingerprint density at radius 2 is 1.04 bits per heavy atom. The zero-order valence-electron chi connectivity index (χ0n) is 43.3. The van der Waals surface area contributed by atoms with Crippen LogP contribution in [0.3, 0.4) is 0 Å². The lowest BCUT2D eigenvalue weighted by Gasteiger charge is -2.30. The van der Waals surface area contributed by atoms with Crippen molar-refractivity contribution in [2.75, 3.05) is 6.61 Å². The fourth-order valence-corrected chi connectivity index (χ4v) is 7.34. The molecule has 0 spiro atoms. The van der Waals surface area contributed by atoms with Crippen molar-refractivity contribution in [3.63, 3.8) is 0 Å². The number of amides is 9. The number of carbonyl (C=O) groups is 11. The molecule has 27 nitrogen and oxygen atoms in total. The number of aliphatic hydroxyl groups excluding tert-OH is 1. The number of nitrogens with zero attached hydrogens (tertiary/aromatic N) is 1. The maximum absolute atomic E-state index is 14.2. The largest absolute Gasteiger partial charge is 0.508 e.